The fourth-order valence-corrected chi connectivity index (χ4v) is 1.45. The molecule has 5 heteroatoms. The van der Waals surface area contributed by atoms with Gasteiger partial charge in [-0.1, -0.05) is 12.1 Å². The Labute approximate surface area is 106 Å². The second kappa shape index (κ2) is 5.08. The minimum atomic E-state index is -1.22. The summed E-state index contributed by atoms with van der Waals surface area (Å²) >= 11 is 0. The van der Waals surface area contributed by atoms with Crippen LogP contribution in [0.4, 0.5) is 5.69 Å². The van der Waals surface area contributed by atoms with E-state index < -0.39 is 11.5 Å². The molecule has 0 aromatic heterocycles. The van der Waals surface area contributed by atoms with E-state index in [0.717, 1.165) is 5.56 Å². The first-order chi connectivity index (χ1) is 8.25. The smallest absolute Gasteiger partial charge is 0.329 e. The fraction of sp³-hybridized carbons (Fsp3) is 0.385. The summed E-state index contributed by atoms with van der Waals surface area (Å²) in [4.78, 5) is 24.3. The van der Waals surface area contributed by atoms with E-state index in [9.17, 15) is 9.59 Å². The Balaban J connectivity index is 2.80. The Hall–Kier alpha value is -2.04. The molecule has 0 heterocycles. The normalized spacial score (nSPS) is 11.1. The van der Waals surface area contributed by atoms with Crippen molar-refractivity contribution in [3.63, 3.8) is 0 Å². The van der Waals surface area contributed by atoms with Crippen LogP contribution < -0.4 is 5.73 Å². The Kier molecular flexibility index (Phi) is 3.96. The zero-order valence-corrected chi connectivity index (χ0v) is 10.8. The average molecular weight is 250 g/mol. The van der Waals surface area contributed by atoms with Gasteiger partial charge in [-0.15, -0.1) is 0 Å². The van der Waals surface area contributed by atoms with Crippen molar-refractivity contribution in [3.05, 3.63) is 29.8 Å². The highest BCUT2D eigenvalue weighted by Gasteiger charge is 2.34. The first kappa shape index (κ1) is 14.0. The molecule has 1 aromatic carbocycles. The number of carbonyl (C=O) groups is 2. The predicted molar refractivity (Wildman–Crippen MR) is 69.0 cm³/mol. The third-order valence-electron chi connectivity index (χ3n) is 3.04. The number of carboxylic acids is 1. The van der Waals surface area contributed by atoms with Gasteiger partial charge in [0, 0.05) is 12.7 Å². The number of hydrogen-bond acceptors (Lipinski definition) is 3. The number of nitrogens with zero attached hydrogens (tertiary/aromatic N) is 1. The lowest BCUT2D eigenvalue weighted by atomic mass is 10.0. The van der Waals surface area contributed by atoms with E-state index in [1.165, 1.54) is 25.8 Å². The van der Waals surface area contributed by atoms with Gasteiger partial charge < -0.3 is 15.7 Å². The molecule has 18 heavy (non-hydrogen) atoms. The summed E-state index contributed by atoms with van der Waals surface area (Å²) in [5.41, 5.74) is 5.76. The van der Waals surface area contributed by atoms with Gasteiger partial charge in [-0.25, -0.2) is 4.79 Å². The highest BCUT2D eigenvalue weighted by atomic mass is 16.4. The topological polar surface area (TPSA) is 83.6 Å². The Morgan fingerprint density at radius 1 is 1.39 bits per heavy atom. The van der Waals surface area contributed by atoms with Crippen molar-refractivity contribution < 1.29 is 14.7 Å². The molecule has 0 spiro atoms. The molecule has 1 rings (SSSR count). The lowest BCUT2D eigenvalue weighted by Gasteiger charge is -2.31. The summed E-state index contributed by atoms with van der Waals surface area (Å²) in [5.74, 6) is -1.29. The number of rotatable bonds is 4. The highest BCUT2D eigenvalue weighted by Crippen LogP contribution is 2.15. The van der Waals surface area contributed by atoms with E-state index in [1.54, 1.807) is 24.3 Å². The van der Waals surface area contributed by atoms with Crippen LogP contribution >= 0.6 is 0 Å². The third-order valence-corrected chi connectivity index (χ3v) is 3.04. The predicted octanol–water partition coefficient (Wildman–Crippen LogP) is 1.13. The van der Waals surface area contributed by atoms with Crippen molar-refractivity contribution in [2.45, 2.75) is 25.8 Å². The summed E-state index contributed by atoms with van der Waals surface area (Å²) in [6, 6.07) is 6.99. The second-order valence-corrected chi connectivity index (χ2v) is 4.74. The Morgan fingerprint density at radius 2 is 2.00 bits per heavy atom. The molecule has 0 fully saturated rings. The maximum absolute atomic E-state index is 12.0. The van der Waals surface area contributed by atoms with Crippen molar-refractivity contribution in [3.8, 4) is 0 Å². The molecule has 5 nitrogen and oxygen atoms in total. The lowest BCUT2D eigenvalue weighted by Crippen LogP contribution is -2.51. The summed E-state index contributed by atoms with van der Waals surface area (Å²) in [6.45, 7) is 2.99. The summed E-state index contributed by atoms with van der Waals surface area (Å²) in [5, 5.41) is 9.06. The SMILES string of the molecule is CN(C(=O)Cc1cccc(N)c1)C(C)(C)C(=O)O. The average Bonchev–Trinajstić information content (AvgIpc) is 2.27. The van der Waals surface area contributed by atoms with E-state index >= 15 is 0 Å². The van der Waals surface area contributed by atoms with Gasteiger partial charge in [0.15, 0.2) is 0 Å². The largest absolute Gasteiger partial charge is 0.480 e. The van der Waals surface area contributed by atoms with Gasteiger partial charge >= 0.3 is 5.97 Å². The van der Waals surface area contributed by atoms with E-state index in [2.05, 4.69) is 0 Å². The molecule has 98 valence electrons. The van der Waals surface area contributed by atoms with Crippen molar-refractivity contribution in [1.29, 1.82) is 0 Å². The first-order valence-electron chi connectivity index (χ1n) is 5.59. The van der Waals surface area contributed by atoms with Crippen LogP contribution in [0.3, 0.4) is 0 Å². The van der Waals surface area contributed by atoms with Crippen molar-refractivity contribution in [2.24, 2.45) is 0 Å². The van der Waals surface area contributed by atoms with Crippen molar-refractivity contribution >= 4 is 17.6 Å². The van der Waals surface area contributed by atoms with Crippen LogP contribution in [0.15, 0.2) is 24.3 Å². The molecule has 0 aliphatic carbocycles. The number of carbonyl (C=O) groups excluding carboxylic acids is 1. The number of benzene rings is 1. The molecule has 1 amide bonds. The number of likely N-dealkylation sites (N-methyl/N-ethyl adjacent to an activating group) is 1. The highest BCUT2D eigenvalue weighted by molar-refractivity contribution is 5.87. The number of aliphatic carboxylic acids is 1. The minimum Gasteiger partial charge on any atom is -0.480 e. The standard InChI is InChI=1S/C13H18N2O3/c1-13(2,12(17)18)15(3)11(16)8-9-5-4-6-10(14)7-9/h4-7H,8,14H2,1-3H3,(H,17,18). The van der Waals surface area contributed by atoms with Crippen LogP contribution in [0.2, 0.25) is 0 Å². The van der Waals surface area contributed by atoms with Gasteiger partial charge in [0.1, 0.15) is 5.54 Å². The molecule has 0 saturated carbocycles. The molecule has 0 aliphatic heterocycles. The van der Waals surface area contributed by atoms with E-state index in [-0.39, 0.29) is 12.3 Å². The van der Waals surface area contributed by atoms with Gasteiger partial charge in [0.25, 0.3) is 0 Å². The number of carboxylic acid groups (broad SMARTS) is 1. The molecule has 0 radical (unpaired) electrons. The fourth-order valence-electron chi connectivity index (χ4n) is 1.45. The van der Waals surface area contributed by atoms with Crippen LogP contribution in [0, 0.1) is 0 Å². The van der Waals surface area contributed by atoms with Crippen molar-refractivity contribution in [2.75, 3.05) is 12.8 Å². The Morgan fingerprint density at radius 3 is 2.50 bits per heavy atom. The van der Waals surface area contributed by atoms with Crippen molar-refractivity contribution in [1.82, 2.24) is 4.90 Å². The van der Waals surface area contributed by atoms with Gasteiger partial charge in [-0.2, -0.15) is 0 Å². The lowest BCUT2D eigenvalue weighted by molar-refractivity contribution is -0.155. The number of nitrogens with two attached hydrogens (primary N) is 1. The monoisotopic (exact) mass is 250 g/mol. The molecule has 0 bridgehead atoms. The second-order valence-electron chi connectivity index (χ2n) is 4.74. The maximum Gasteiger partial charge on any atom is 0.329 e. The van der Waals surface area contributed by atoms with Gasteiger partial charge in [-0.3, -0.25) is 4.79 Å². The zero-order chi connectivity index (χ0) is 13.9. The van der Waals surface area contributed by atoms with Crippen LogP contribution in [0.25, 0.3) is 0 Å². The molecule has 0 unspecified atom stereocenters. The summed E-state index contributed by atoms with van der Waals surface area (Å²) < 4.78 is 0. The van der Waals surface area contributed by atoms with Gasteiger partial charge in [0.05, 0.1) is 6.42 Å². The van der Waals surface area contributed by atoms with Gasteiger partial charge in [-0.05, 0) is 31.5 Å². The molecular weight excluding hydrogens is 232 g/mol. The van der Waals surface area contributed by atoms with Gasteiger partial charge in [0.2, 0.25) is 5.91 Å². The number of nitrogen functional groups attached to an aromatic ring is 1. The van der Waals surface area contributed by atoms with Crippen LogP contribution in [-0.4, -0.2) is 34.5 Å². The molecule has 3 N–H and O–H groups in total. The molecular formula is C13H18N2O3. The number of anilines is 1. The van der Waals surface area contributed by atoms with Crippen LogP contribution in [0.5, 0.6) is 0 Å². The number of amides is 1. The van der Waals surface area contributed by atoms with Crippen LogP contribution in [0.1, 0.15) is 19.4 Å². The number of hydrogen-bond donors (Lipinski definition) is 2. The van der Waals surface area contributed by atoms with E-state index in [1.807, 2.05) is 0 Å². The first-order valence-corrected chi connectivity index (χ1v) is 5.59. The van der Waals surface area contributed by atoms with E-state index in [4.69, 9.17) is 10.8 Å². The maximum atomic E-state index is 12.0. The molecule has 0 saturated heterocycles. The zero-order valence-electron chi connectivity index (χ0n) is 10.8. The quantitative estimate of drug-likeness (QED) is 0.785. The minimum absolute atomic E-state index is 0.137. The molecule has 0 aliphatic rings. The van der Waals surface area contributed by atoms with E-state index in [0.29, 0.717) is 5.69 Å². The van der Waals surface area contributed by atoms with Crippen LogP contribution in [-0.2, 0) is 16.0 Å². The molecule has 0 atom stereocenters. The summed E-state index contributed by atoms with van der Waals surface area (Å²) in [7, 11) is 1.49. The molecule has 1 aromatic rings. The Bertz CT molecular complexity index is 469. The third kappa shape index (κ3) is 3.00. The summed E-state index contributed by atoms with van der Waals surface area (Å²) in [6.07, 6.45) is 0.137.